The first-order valence-electron chi connectivity index (χ1n) is 7.14. The highest BCUT2D eigenvalue weighted by molar-refractivity contribution is 7.18. The lowest BCUT2D eigenvalue weighted by Gasteiger charge is -2.30. The van der Waals surface area contributed by atoms with Crippen LogP contribution in [0.25, 0.3) is 10.2 Å². The molecule has 0 radical (unpaired) electrons. The van der Waals surface area contributed by atoms with E-state index in [1.165, 1.54) is 41.5 Å². The maximum absolute atomic E-state index is 4.49. The van der Waals surface area contributed by atoms with Crippen molar-refractivity contribution in [3.05, 3.63) is 16.8 Å². The number of fused-ring (bicyclic) bond motifs is 1. The third-order valence-corrected chi connectivity index (χ3v) is 5.51. The summed E-state index contributed by atoms with van der Waals surface area (Å²) in [5, 5.41) is 4.91. The van der Waals surface area contributed by atoms with Gasteiger partial charge in [-0.3, -0.25) is 0 Å². The summed E-state index contributed by atoms with van der Waals surface area (Å²) in [6.45, 7) is 6.68. The molecule has 0 spiro atoms. The number of thiophene rings is 1. The molecule has 1 N–H and O–H groups in total. The molecule has 2 aromatic rings. The zero-order valence-corrected chi connectivity index (χ0v) is 12.7. The Morgan fingerprint density at radius 2 is 2.00 bits per heavy atom. The summed E-state index contributed by atoms with van der Waals surface area (Å²) >= 11 is 1.76. The fourth-order valence-corrected chi connectivity index (χ4v) is 3.99. The molecule has 4 heteroatoms. The van der Waals surface area contributed by atoms with Gasteiger partial charge in [-0.05, 0) is 38.2 Å². The van der Waals surface area contributed by atoms with Gasteiger partial charge in [-0.15, -0.1) is 11.3 Å². The van der Waals surface area contributed by atoms with E-state index in [1.807, 2.05) is 0 Å². The van der Waals surface area contributed by atoms with Gasteiger partial charge in [-0.1, -0.05) is 19.8 Å². The van der Waals surface area contributed by atoms with Crippen LogP contribution in [0.1, 0.15) is 43.0 Å². The van der Waals surface area contributed by atoms with Gasteiger partial charge in [0, 0.05) is 10.9 Å². The van der Waals surface area contributed by atoms with Gasteiger partial charge >= 0.3 is 0 Å². The van der Waals surface area contributed by atoms with Crippen LogP contribution in [-0.4, -0.2) is 16.0 Å². The van der Waals surface area contributed by atoms with Crippen LogP contribution in [0.4, 0.5) is 5.82 Å². The van der Waals surface area contributed by atoms with Crippen molar-refractivity contribution in [1.29, 1.82) is 0 Å². The molecule has 1 aliphatic carbocycles. The highest BCUT2D eigenvalue weighted by Gasteiger charge is 2.22. The van der Waals surface area contributed by atoms with E-state index in [9.17, 15) is 0 Å². The Labute approximate surface area is 118 Å². The fraction of sp³-hybridized carbons (Fsp3) is 0.600. The van der Waals surface area contributed by atoms with E-state index in [2.05, 4.69) is 36.1 Å². The van der Waals surface area contributed by atoms with E-state index >= 15 is 0 Å². The Balaban J connectivity index is 1.96. The number of anilines is 1. The summed E-state index contributed by atoms with van der Waals surface area (Å²) in [4.78, 5) is 11.3. The van der Waals surface area contributed by atoms with Gasteiger partial charge in [0.15, 0.2) is 0 Å². The van der Waals surface area contributed by atoms with Gasteiger partial charge in [0.2, 0.25) is 0 Å². The lowest BCUT2D eigenvalue weighted by molar-refractivity contribution is 0.349. The van der Waals surface area contributed by atoms with E-state index in [0.717, 1.165) is 16.6 Å². The summed E-state index contributed by atoms with van der Waals surface area (Å²) in [5.74, 6) is 1.77. The molecule has 2 aromatic heterocycles. The monoisotopic (exact) mass is 275 g/mol. The molecule has 0 saturated heterocycles. The summed E-state index contributed by atoms with van der Waals surface area (Å²) in [6, 6.07) is 0.562. The van der Waals surface area contributed by atoms with Crippen LogP contribution >= 0.6 is 11.3 Å². The molecule has 3 rings (SSSR count). The average molecular weight is 275 g/mol. The quantitative estimate of drug-likeness (QED) is 0.888. The minimum absolute atomic E-state index is 0.562. The van der Waals surface area contributed by atoms with Crippen LogP contribution in [0.15, 0.2) is 6.33 Å². The lowest BCUT2D eigenvalue weighted by Crippen LogP contribution is -2.30. The lowest BCUT2D eigenvalue weighted by atomic mass is 9.86. The molecular weight excluding hydrogens is 254 g/mol. The topological polar surface area (TPSA) is 37.8 Å². The van der Waals surface area contributed by atoms with Crippen molar-refractivity contribution >= 4 is 27.4 Å². The molecule has 0 aliphatic heterocycles. The van der Waals surface area contributed by atoms with Gasteiger partial charge in [-0.2, -0.15) is 0 Å². The van der Waals surface area contributed by atoms with Crippen molar-refractivity contribution < 1.29 is 0 Å². The molecule has 2 atom stereocenters. The first-order valence-corrected chi connectivity index (χ1v) is 7.95. The van der Waals surface area contributed by atoms with Crippen molar-refractivity contribution in [3.63, 3.8) is 0 Å². The highest BCUT2D eigenvalue weighted by Crippen LogP contribution is 2.34. The van der Waals surface area contributed by atoms with Crippen LogP contribution in [0.3, 0.4) is 0 Å². The normalized spacial score (nSPS) is 23.7. The van der Waals surface area contributed by atoms with E-state index in [0.29, 0.717) is 6.04 Å². The molecule has 1 saturated carbocycles. The van der Waals surface area contributed by atoms with Gasteiger partial charge in [0.1, 0.15) is 17.0 Å². The van der Waals surface area contributed by atoms with Crippen molar-refractivity contribution in [3.8, 4) is 0 Å². The van der Waals surface area contributed by atoms with Crippen LogP contribution in [0.2, 0.25) is 0 Å². The number of aryl methyl sites for hydroxylation is 2. The molecule has 1 aliphatic rings. The van der Waals surface area contributed by atoms with Crippen molar-refractivity contribution in [1.82, 2.24) is 9.97 Å². The van der Waals surface area contributed by atoms with Gasteiger partial charge in [-0.25, -0.2) is 9.97 Å². The van der Waals surface area contributed by atoms with Crippen molar-refractivity contribution in [2.75, 3.05) is 5.32 Å². The van der Waals surface area contributed by atoms with Crippen LogP contribution in [-0.2, 0) is 0 Å². The van der Waals surface area contributed by atoms with E-state index in [4.69, 9.17) is 0 Å². The number of nitrogens with zero attached hydrogens (tertiary/aromatic N) is 2. The largest absolute Gasteiger partial charge is 0.366 e. The molecule has 0 unspecified atom stereocenters. The number of hydrogen-bond acceptors (Lipinski definition) is 4. The fourth-order valence-electron chi connectivity index (χ4n) is 3.00. The van der Waals surface area contributed by atoms with E-state index in [-0.39, 0.29) is 0 Å². The maximum Gasteiger partial charge on any atom is 0.138 e. The Bertz CT molecular complexity index is 590. The molecule has 3 nitrogen and oxygen atoms in total. The number of nitrogens with one attached hydrogen (secondary N) is 1. The van der Waals surface area contributed by atoms with Gasteiger partial charge in [0.25, 0.3) is 0 Å². The second-order valence-corrected chi connectivity index (χ2v) is 6.90. The van der Waals surface area contributed by atoms with Crippen LogP contribution < -0.4 is 5.32 Å². The molecule has 0 bridgehead atoms. The summed E-state index contributed by atoms with van der Waals surface area (Å²) in [5.41, 5.74) is 1.33. The molecule has 102 valence electrons. The standard InChI is InChI=1S/C15H21N3S/c1-9-6-4-5-7-12(9)18-14-13-10(2)11(3)19-15(13)17-8-16-14/h8-9,12H,4-7H2,1-3H3,(H,16,17,18)/t9-,12+/m1/s1. The Hall–Kier alpha value is -1.16. The van der Waals surface area contributed by atoms with Crippen molar-refractivity contribution in [2.45, 2.75) is 52.5 Å². The second kappa shape index (κ2) is 5.08. The van der Waals surface area contributed by atoms with Crippen LogP contribution in [0.5, 0.6) is 0 Å². The summed E-state index contributed by atoms with van der Waals surface area (Å²) in [6.07, 6.45) is 6.98. The first kappa shape index (κ1) is 12.9. The molecule has 1 fully saturated rings. The van der Waals surface area contributed by atoms with Crippen molar-refractivity contribution in [2.24, 2.45) is 5.92 Å². The number of rotatable bonds is 2. The minimum atomic E-state index is 0.562. The van der Waals surface area contributed by atoms with Crippen LogP contribution in [0, 0.1) is 19.8 Å². The molecular formula is C15H21N3S. The highest BCUT2D eigenvalue weighted by atomic mass is 32.1. The smallest absolute Gasteiger partial charge is 0.138 e. The third-order valence-electron chi connectivity index (χ3n) is 4.40. The third kappa shape index (κ3) is 2.34. The molecule has 19 heavy (non-hydrogen) atoms. The minimum Gasteiger partial charge on any atom is -0.366 e. The SMILES string of the molecule is Cc1sc2ncnc(N[C@H]3CCCC[C@H]3C)c2c1C. The molecule has 0 aromatic carbocycles. The first-order chi connectivity index (χ1) is 9.16. The Morgan fingerprint density at radius 3 is 2.79 bits per heavy atom. The maximum atomic E-state index is 4.49. The van der Waals surface area contributed by atoms with E-state index in [1.54, 1.807) is 17.7 Å². The van der Waals surface area contributed by atoms with E-state index < -0.39 is 0 Å². The number of aromatic nitrogens is 2. The Morgan fingerprint density at radius 1 is 1.21 bits per heavy atom. The second-order valence-electron chi connectivity index (χ2n) is 5.70. The Kier molecular flexibility index (Phi) is 3.44. The predicted molar refractivity (Wildman–Crippen MR) is 81.9 cm³/mol. The zero-order chi connectivity index (χ0) is 13.4. The molecule has 2 heterocycles. The van der Waals surface area contributed by atoms with Gasteiger partial charge in [0.05, 0.1) is 5.39 Å². The summed E-state index contributed by atoms with van der Waals surface area (Å²) in [7, 11) is 0. The predicted octanol–water partition coefficient (Wildman–Crippen LogP) is 4.30. The van der Waals surface area contributed by atoms with Gasteiger partial charge < -0.3 is 5.32 Å². The molecule has 0 amide bonds. The summed E-state index contributed by atoms with van der Waals surface area (Å²) < 4.78 is 0. The average Bonchev–Trinajstić information content (AvgIpc) is 2.69. The number of hydrogen-bond donors (Lipinski definition) is 1. The zero-order valence-electron chi connectivity index (χ0n) is 11.9.